The van der Waals surface area contributed by atoms with E-state index in [-0.39, 0.29) is 18.2 Å². The molecular weight excluding hydrogens is 232 g/mol. The van der Waals surface area contributed by atoms with Crippen molar-refractivity contribution in [2.75, 3.05) is 11.9 Å². The van der Waals surface area contributed by atoms with Crippen molar-refractivity contribution in [3.8, 4) is 0 Å². The monoisotopic (exact) mass is 248 g/mol. The minimum Gasteiger partial charge on any atom is -0.361 e. The molecule has 1 rings (SSSR count). The summed E-state index contributed by atoms with van der Waals surface area (Å²) in [6, 6.07) is 0. The van der Waals surface area contributed by atoms with Crippen LogP contribution < -0.4 is 5.32 Å². The Morgan fingerprint density at radius 2 is 2.13 bits per heavy atom. The zero-order valence-corrected chi connectivity index (χ0v) is 11.1. The maximum Gasteiger partial charge on any atom is 0.183 e. The van der Waals surface area contributed by atoms with Gasteiger partial charge < -0.3 is 5.32 Å². The average Bonchev–Trinajstić information content (AvgIpc) is 2.43. The largest absolute Gasteiger partial charge is 0.361 e. The smallest absolute Gasteiger partial charge is 0.183 e. The Morgan fingerprint density at radius 3 is 2.53 bits per heavy atom. The molecule has 0 saturated heterocycles. The van der Waals surface area contributed by atoms with Gasteiger partial charge in [0, 0.05) is 13.5 Å². The molecule has 0 amide bonds. The second kappa shape index (κ2) is 6.08. The summed E-state index contributed by atoms with van der Waals surface area (Å²) in [5.41, 5.74) is 0.828. The minimum atomic E-state index is 0. The van der Waals surface area contributed by atoms with E-state index in [9.17, 15) is 4.79 Å². The third-order valence-corrected chi connectivity index (χ3v) is 2.99. The maximum absolute atomic E-state index is 11.2. The number of nitrogens with one attached hydrogen (secondary N) is 1. The van der Waals surface area contributed by atoms with E-state index in [4.69, 9.17) is 0 Å². The van der Waals surface area contributed by atoms with E-state index < -0.39 is 0 Å². The molecule has 0 aromatic carbocycles. The molecule has 3 nitrogen and oxygen atoms in total. The second-order valence-electron chi connectivity index (χ2n) is 3.76. The second-order valence-corrected chi connectivity index (χ2v) is 4.76. The molecule has 0 spiro atoms. The first-order chi connectivity index (χ1) is 6.50. The molecule has 0 fully saturated rings. The lowest BCUT2D eigenvalue weighted by molar-refractivity contribution is 0.102. The van der Waals surface area contributed by atoms with Gasteiger partial charge in [-0.1, -0.05) is 25.2 Å². The summed E-state index contributed by atoms with van der Waals surface area (Å²) in [4.78, 5) is 16.2. The van der Waals surface area contributed by atoms with E-state index in [1.54, 1.807) is 6.92 Å². The van der Waals surface area contributed by atoms with Crippen molar-refractivity contribution in [1.82, 2.24) is 4.98 Å². The predicted octanol–water partition coefficient (Wildman–Crippen LogP) is 3.14. The molecule has 0 aliphatic rings. The summed E-state index contributed by atoms with van der Waals surface area (Å²) in [5, 5.41) is 4.06. The number of carbonyl (C=O) groups excluding carboxylic acids is 1. The van der Waals surface area contributed by atoms with Gasteiger partial charge in [-0.25, -0.2) is 4.98 Å². The fraction of sp³-hybridized carbons (Fsp3) is 0.600. The van der Waals surface area contributed by atoms with Gasteiger partial charge in [0.2, 0.25) is 0 Å². The molecule has 1 N–H and O–H groups in total. The molecule has 5 heteroatoms. The van der Waals surface area contributed by atoms with Crippen LogP contribution in [0.25, 0.3) is 0 Å². The highest BCUT2D eigenvalue weighted by Crippen LogP contribution is 2.22. The number of hydrogen-bond acceptors (Lipinski definition) is 4. The normalized spacial score (nSPS) is 9.93. The highest BCUT2D eigenvalue weighted by molar-refractivity contribution is 7.17. The van der Waals surface area contributed by atoms with Crippen LogP contribution in [0.4, 0.5) is 5.13 Å². The SMILES string of the molecule is CC(=O)c1sc(NCC(C)C)nc1C.Cl. The van der Waals surface area contributed by atoms with Gasteiger partial charge in [-0.2, -0.15) is 0 Å². The molecule has 0 aliphatic heterocycles. The number of rotatable bonds is 4. The first kappa shape index (κ1) is 14.4. The first-order valence-electron chi connectivity index (χ1n) is 4.73. The highest BCUT2D eigenvalue weighted by Gasteiger charge is 2.10. The molecule has 1 heterocycles. The average molecular weight is 249 g/mol. The Morgan fingerprint density at radius 1 is 1.53 bits per heavy atom. The third kappa shape index (κ3) is 4.18. The zero-order valence-electron chi connectivity index (χ0n) is 9.46. The summed E-state index contributed by atoms with van der Waals surface area (Å²) in [7, 11) is 0. The Labute approximate surface area is 101 Å². The number of thiazole rings is 1. The van der Waals surface area contributed by atoms with Crippen molar-refractivity contribution in [1.29, 1.82) is 0 Å². The number of halogens is 1. The van der Waals surface area contributed by atoms with E-state index in [2.05, 4.69) is 24.1 Å². The third-order valence-electron chi connectivity index (χ3n) is 1.78. The number of anilines is 1. The molecule has 0 bridgehead atoms. The van der Waals surface area contributed by atoms with Crippen LogP contribution in [-0.4, -0.2) is 17.3 Å². The van der Waals surface area contributed by atoms with Crippen LogP contribution in [-0.2, 0) is 0 Å². The predicted molar refractivity (Wildman–Crippen MR) is 67.4 cm³/mol. The van der Waals surface area contributed by atoms with Gasteiger partial charge in [0.15, 0.2) is 10.9 Å². The van der Waals surface area contributed by atoms with Crippen molar-refractivity contribution in [2.24, 2.45) is 5.92 Å². The standard InChI is InChI=1S/C10H16N2OS.ClH/c1-6(2)5-11-10-12-7(3)9(14-10)8(4)13;/h6H,5H2,1-4H3,(H,11,12);1H. The quantitative estimate of drug-likeness (QED) is 0.833. The van der Waals surface area contributed by atoms with Gasteiger partial charge in [-0.05, 0) is 12.8 Å². The molecule has 0 atom stereocenters. The Balaban J connectivity index is 0.00000196. The van der Waals surface area contributed by atoms with Crippen LogP contribution in [0.3, 0.4) is 0 Å². The van der Waals surface area contributed by atoms with E-state index in [0.717, 1.165) is 22.2 Å². The van der Waals surface area contributed by atoms with E-state index in [1.165, 1.54) is 11.3 Å². The number of ketones is 1. The lowest BCUT2D eigenvalue weighted by atomic mass is 10.2. The van der Waals surface area contributed by atoms with Crippen molar-refractivity contribution in [2.45, 2.75) is 27.7 Å². The number of hydrogen-bond donors (Lipinski definition) is 1. The van der Waals surface area contributed by atoms with E-state index in [1.807, 2.05) is 6.92 Å². The van der Waals surface area contributed by atoms with Crippen molar-refractivity contribution in [3.63, 3.8) is 0 Å². The van der Waals surface area contributed by atoms with Gasteiger partial charge in [-0.3, -0.25) is 4.79 Å². The molecule has 0 aliphatic carbocycles. The summed E-state index contributed by atoms with van der Waals surface area (Å²) >= 11 is 1.44. The zero-order chi connectivity index (χ0) is 10.7. The van der Waals surface area contributed by atoms with Gasteiger partial charge in [0.25, 0.3) is 0 Å². The molecule has 1 aromatic rings. The molecule has 0 unspecified atom stereocenters. The minimum absolute atomic E-state index is 0. The fourth-order valence-corrected chi connectivity index (χ4v) is 1.96. The van der Waals surface area contributed by atoms with Crippen molar-refractivity contribution < 1.29 is 4.79 Å². The van der Waals surface area contributed by atoms with Gasteiger partial charge in [0.05, 0.1) is 10.6 Å². The number of nitrogens with zero attached hydrogens (tertiary/aromatic N) is 1. The van der Waals surface area contributed by atoms with Crippen LogP contribution in [0.5, 0.6) is 0 Å². The van der Waals surface area contributed by atoms with E-state index >= 15 is 0 Å². The molecule has 1 aromatic heterocycles. The lowest BCUT2D eigenvalue weighted by Gasteiger charge is -2.04. The molecule has 15 heavy (non-hydrogen) atoms. The van der Waals surface area contributed by atoms with Crippen LogP contribution in [0.15, 0.2) is 0 Å². The summed E-state index contributed by atoms with van der Waals surface area (Å²) in [6.07, 6.45) is 0. The lowest BCUT2D eigenvalue weighted by Crippen LogP contribution is -2.07. The van der Waals surface area contributed by atoms with Crippen LogP contribution in [0.1, 0.15) is 36.1 Å². The van der Waals surface area contributed by atoms with Crippen LogP contribution >= 0.6 is 23.7 Å². The topological polar surface area (TPSA) is 42.0 Å². The summed E-state index contributed by atoms with van der Waals surface area (Å²) < 4.78 is 0. The summed E-state index contributed by atoms with van der Waals surface area (Å²) in [6.45, 7) is 8.61. The number of aromatic nitrogens is 1. The van der Waals surface area contributed by atoms with Crippen LogP contribution in [0.2, 0.25) is 0 Å². The molecule has 0 radical (unpaired) electrons. The Hall–Kier alpha value is -0.610. The maximum atomic E-state index is 11.2. The highest BCUT2D eigenvalue weighted by atomic mass is 35.5. The van der Waals surface area contributed by atoms with Gasteiger partial charge >= 0.3 is 0 Å². The van der Waals surface area contributed by atoms with E-state index in [0.29, 0.717) is 5.92 Å². The number of Topliss-reactive ketones (excluding diaryl/α,β-unsaturated/α-hetero) is 1. The van der Waals surface area contributed by atoms with Crippen molar-refractivity contribution >= 4 is 34.7 Å². The Kier molecular flexibility index (Phi) is 5.83. The van der Waals surface area contributed by atoms with Gasteiger partial charge in [0.1, 0.15) is 0 Å². The molecular formula is C10H17ClN2OS. The molecule has 86 valence electrons. The fourth-order valence-electron chi connectivity index (χ4n) is 1.09. The number of aryl methyl sites for hydroxylation is 1. The first-order valence-corrected chi connectivity index (χ1v) is 5.54. The van der Waals surface area contributed by atoms with Crippen LogP contribution in [0, 0.1) is 12.8 Å². The summed E-state index contributed by atoms with van der Waals surface area (Å²) in [5.74, 6) is 0.678. The van der Waals surface area contributed by atoms with Gasteiger partial charge in [-0.15, -0.1) is 12.4 Å². The molecule has 0 saturated carbocycles. The van der Waals surface area contributed by atoms with Crippen molar-refractivity contribution in [3.05, 3.63) is 10.6 Å². The Bertz CT molecular complexity index is 336. The number of carbonyl (C=O) groups is 1.